The fourth-order valence-corrected chi connectivity index (χ4v) is 2.02. The minimum atomic E-state index is -0.751. The zero-order valence-electron chi connectivity index (χ0n) is 13.3. The van der Waals surface area contributed by atoms with E-state index in [1.165, 1.54) is 6.07 Å². The average molecular weight is 335 g/mol. The van der Waals surface area contributed by atoms with Crippen LogP contribution in [0.15, 0.2) is 47.5 Å². The summed E-state index contributed by atoms with van der Waals surface area (Å²) in [6, 6.07) is 10.7. The first kappa shape index (κ1) is 17.7. The predicted molar refractivity (Wildman–Crippen MR) is 89.1 cm³/mol. The fraction of sp³-hybridized carbons (Fsp3) is 0.235. The number of anilines is 1. The minimum Gasteiger partial charge on any atom is -0.489 e. The zero-order chi connectivity index (χ0) is 17.4. The molecule has 0 saturated carbocycles. The molecule has 3 N–H and O–H groups in total. The van der Waals surface area contributed by atoms with Crippen LogP contribution in [-0.2, 0) is 11.3 Å². The van der Waals surface area contributed by atoms with Gasteiger partial charge in [0.15, 0.2) is 17.5 Å². The van der Waals surface area contributed by atoms with E-state index in [0.717, 1.165) is 23.4 Å². The van der Waals surface area contributed by atoms with Crippen LogP contribution in [0.1, 0.15) is 5.56 Å². The van der Waals surface area contributed by atoms with E-state index in [-0.39, 0.29) is 24.9 Å². The summed E-state index contributed by atoms with van der Waals surface area (Å²) in [5, 5.41) is 2.98. The number of nitrogens with one attached hydrogen (secondary N) is 1. The molecule has 0 atom stereocenters. The predicted octanol–water partition coefficient (Wildman–Crippen LogP) is 2.92. The van der Waals surface area contributed by atoms with Crippen LogP contribution in [0.2, 0.25) is 0 Å². The second-order valence-corrected chi connectivity index (χ2v) is 4.91. The number of hydrogen-bond donors (Lipinski definition) is 2. The van der Waals surface area contributed by atoms with Gasteiger partial charge in [-0.2, -0.15) is 0 Å². The Kier molecular flexibility index (Phi) is 6.51. The van der Waals surface area contributed by atoms with E-state index < -0.39 is 11.6 Å². The number of rotatable bonds is 7. The second-order valence-electron chi connectivity index (χ2n) is 4.91. The van der Waals surface area contributed by atoms with E-state index in [4.69, 9.17) is 15.2 Å². The van der Waals surface area contributed by atoms with Crippen molar-refractivity contribution in [3.8, 4) is 5.75 Å². The van der Waals surface area contributed by atoms with Crippen LogP contribution in [-0.4, -0.2) is 26.2 Å². The van der Waals surface area contributed by atoms with Gasteiger partial charge in [0.25, 0.3) is 0 Å². The molecule has 0 heterocycles. The summed E-state index contributed by atoms with van der Waals surface area (Å²) >= 11 is 0. The fourth-order valence-electron chi connectivity index (χ4n) is 2.02. The molecule has 0 aliphatic rings. The van der Waals surface area contributed by atoms with Crippen LogP contribution in [0.25, 0.3) is 0 Å². The summed E-state index contributed by atoms with van der Waals surface area (Å²) in [5.74, 6) is -1.22. The molecule has 0 radical (unpaired) electrons. The summed E-state index contributed by atoms with van der Waals surface area (Å²) in [6.45, 7) is 0.788. The number of methoxy groups -OCH3 is 1. The van der Waals surface area contributed by atoms with Gasteiger partial charge < -0.3 is 20.5 Å². The van der Waals surface area contributed by atoms with Gasteiger partial charge in [-0.05, 0) is 18.2 Å². The SMILES string of the molecule is COCc1ccccc1NC(N)=NCCOc1ccc(F)cc1F. The van der Waals surface area contributed by atoms with Crippen LogP contribution in [0.3, 0.4) is 0 Å². The lowest BCUT2D eigenvalue weighted by Gasteiger charge is -2.11. The Balaban J connectivity index is 1.86. The van der Waals surface area contributed by atoms with E-state index in [9.17, 15) is 8.78 Å². The molecule has 24 heavy (non-hydrogen) atoms. The summed E-state index contributed by atoms with van der Waals surface area (Å²) in [6.07, 6.45) is 0. The van der Waals surface area contributed by atoms with Gasteiger partial charge in [-0.3, -0.25) is 0 Å². The van der Waals surface area contributed by atoms with Gasteiger partial charge in [0, 0.05) is 24.4 Å². The van der Waals surface area contributed by atoms with Crippen molar-refractivity contribution in [2.75, 3.05) is 25.6 Å². The summed E-state index contributed by atoms with van der Waals surface area (Å²) in [5.41, 5.74) is 7.56. The first-order valence-corrected chi connectivity index (χ1v) is 7.32. The molecule has 0 spiro atoms. The molecule has 0 aromatic heterocycles. The molecule has 0 bridgehead atoms. The molecule has 0 aliphatic carbocycles. The molecule has 7 heteroatoms. The third kappa shape index (κ3) is 5.20. The van der Waals surface area contributed by atoms with E-state index in [1.54, 1.807) is 7.11 Å². The van der Waals surface area contributed by atoms with Gasteiger partial charge in [-0.25, -0.2) is 13.8 Å². The van der Waals surface area contributed by atoms with Gasteiger partial charge in [-0.1, -0.05) is 18.2 Å². The van der Waals surface area contributed by atoms with Crippen molar-refractivity contribution in [1.29, 1.82) is 0 Å². The standard InChI is InChI=1S/C17H19F2N3O2/c1-23-11-12-4-2-3-5-15(12)22-17(20)21-8-9-24-16-7-6-13(18)10-14(16)19/h2-7,10H,8-9,11H2,1H3,(H3,20,21,22). The smallest absolute Gasteiger partial charge is 0.193 e. The van der Waals surface area contributed by atoms with Crippen molar-refractivity contribution in [3.05, 3.63) is 59.7 Å². The van der Waals surface area contributed by atoms with Crippen LogP contribution in [0.4, 0.5) is 14.5 Å². The number of hydrogen-bond acceptors (Lipinski definition) is 3. The Morgan fingerprint density at radius 1 is 1.21 bits per heavy atom. The Hall–Kier alpha value is -2.67. The Morgan fingerprint density at radius 3 is 2.75 bits per heavy atom. The van der Waals surface area contributed by atoms with Crippen LogP contribution in [0.5, 0.6) is 5.75 Å². The van der Waals surface area contributed by atoms with E-state index in [2.05, 4.69) is 10.3 Å². The Morgan fingerprint density at radius 2 is 2.00 bits per heavy atom. The van der Waals surface area contributed by atoms with Crippen LogP contribution >= 0.6 is 0 Å². The molecule has 128 valence electrons. The van der Waals surface area contributed by atoms with Crippen molar-refractivity contribution >= 4 is 11.6 Å². The first-order valence-electron chi connectivity index (χ1n) is 7.32. The van der Waals surface area contributed by atoms with Crippen LogP contribution in [0, 0.1) is 11.6 Å². The highest BCUT2D eigenvalue weighted by molar-refractivity contribution is 5.92. The Labute approximate surface area is 139 Å². The molecule has 2 aromatic carbocycles. The number of nitrogens with two attached hydrogens (primary N) is 1. The molecule has 2 rings (SSSR count). The highest BCUT2D eigenvalue weighted by Crippen LogP contribution is 2.17. The molecular weight excluding hydrogens is 316 g/mol. The highest BCUT2D eigenvalue weighted by Gasteiger charge is 2.05. The van der Waals surface area contributed by atoms with E-state index in [1.807, 2.05) is 24.3 Å². The minimum absolute atomic E-state index is 0.0245. The maximum Gasteiger partial charge on any atom is 0.193 e. The molecular formula is C17H19F2N3O2. The average Bonchev–Trinajstić information content (AvgIpc) is 2.55. The Bertz CT molecular complexity index is 708. The third-order valence-electron chi connectivity index (χ3n) is 3.10. The van der Waals surface area contributed by atoms with Crippen LogP contribution < -0.4 is 15.8 Å². The van der Waals surface area contributed by atoms with E-state index >= 15 is 0 Å². The number of halogens is 2. The number of nitrogens with zero attached hydrogens (tertiary/aromatic N) is 1. The molecule has 0 aliphatic heterocycles. The lowest BCUT2D eigenvalue weighted by Crippen LogP contribution is -2.24. The summed E-state index contributed by atoms with van der Waals surface area (Å²) < 4.78 is 36.5. The molecule has 5 nitrogen and oxygen atoms in total. The largest absolute Gasteiger partial charge is 0.489 e. The summed E-state index contributed by atoms with van der Waals surface area (Å²) in [7, 11) is 1.61. The highest BCUT2D eigenvalue weighted by atomic mass is 19.1. The van der Waals surface area contributed by atoms with Crippen molar-refractivity contribution in [2.45, 2.75) is 6.61 Å². The lowest BCUT2D eigenvalue weighted by molar-refractivity contribution is 0.185. The van der Waals surface area contributed by atoms with Crippen molar-refractivity contribution in [3.63, 3.8) is 0 Å². The summed E-state index contributed by atoms with van der Waals surface area (Å²) in [4.78, 5) is 4.10. The van der Waals surface area contributed by atoms with E-state index in [0.29, 0.717) is 6.61 Å². The first-order chi connectivity index (χ1) is 11.6. The third-order valence-corrected chi connectivity index (χ3v) is 3.10. The lowest BCUT2D eigenvalue weighted by atomic mass is 10.2. The molecule has 2 aromatic rings. The van der Waals surface area contributed by atoms with Crippen molar-refractivity contribution < 1.29 is 18.3 Å². The number of para-hydroxylation sites is 1. The maximum atomic E-state index is 13.4. The number of benzene rings is 2. The maximum absolute atomic E-state index is 13.4. The van der Waals surface area contributed by atoms with Crippen molar-refractivity contribution in [2.24, 2.45) is 10.7 Å². The second kappa shape index (κ2) is 8.83. The molecule has 0 amide bonds. The molecule has 0 fully saturated rings. The molecule has 0 unspecified atom stereocenters. The number of guanidine groups is 1. The van der Waals surface area contributed by atoms with Gasteiger partial charge in [0.2, 0.25) is 0 Å². The zero-order valence-corrected chi connectivity index (χ0v) is 13.3. The van der Waals surface area contributed by atoms with Gasteiger partial charge in [-0.15, -0.1) is 0 Å². The molecule has 0 saturated heterocycles. The number of ether oxygens (including phenoxy) is 2. The van der Waals surface area contributed by atoms with Gasteiger partial charge >= 0.3 is 0 Å². The number of aliphatic imine (C=N–C) groups is 1. The monoisotopic (exact) mass is 335 g/mol. The van der Waals surface area contributed by atoms with Gasteiger partial charge in [0.1, 0.15) is 12.4 Å². The quantitative estimate of drug-likeness (QED) is 0.464. The normalized spacial score (nSPS) is 11.4. The van der Waals surface area contributed by atoms with Gasteiger partial charge in [0.05, 0.1) is 13.2 Å². The topological polar surface area (TPSA) is 68.9 Å². The van der Waals surface area contributed by atoms with Crippen molar-refractivity contribution in [1.82, 2.24) is 0 Å².